The molecule has 1 fully saturated rings. The molecule has 0 bridgehead atoms. The number of hydrogen-bond donors (Lipinski definition) is 1. The molecule has 3 rings (SSSR count). The Bertz CT molecular complexity index is 825. The highest BCUT2D eigenvalue weighted by Gasteiger charge is 2.39. The lowest BCUT2D eigenvalue weighted by atomic mass is 10.0. The molecule has 1 unspecified atom stereocenters. The second-order valence-corrected chi connectivity index (χ2v) is 6.52. The SMILES string of the molecule is CC1(C(N)=O)CN(C(=O)c2ccc(Cc3cccc(F)c3)nc2)CCO1. The molecule has 1 aliphatic rings. The first-order chi connectivity index (χ1) is 12.4. The van der Waals surface area contributed by atoms with Gasteiger partial charge in [0.25, 0.3) is 11.8 Å². The minimum Gasteiger partial charge on any atom is -0.367 e. The molecule has 0 radical (unpaired) electrons. The van der Waals surface area contributed by atoms with Gasteiger partial charge in [0.1, 0.15) is 5.82 Å². The Morgan fingerprint density at radius 3 is 2.81 bits per heavy atom. The number of carbonyl (C=O) groups excluding carboxylic acids is 2. The van der Waals surface area contributed by atoms with E-state index >= 15 is 0 Å². The molecule has 136 valence electrons. The van der Waals surface area contributed by atoms with Gasteiger partial charge in [-0.25, -0.2) is 4.39 Å². The van der Waals surface area contributed by atoms with Crippen LogP contribution in [0.2, 0.25) is 0 Å². The number of ether oxygens (including phenoxy) is 1. The smallest absolute Gasteiger partial charge is 0.255 e. The molecule has 1 aromatic heterocycles. The Morgan fingerprint density at radius 2 is 2.15 bits per heavy atom. The van der Waals surface area contributed by atoms with Crippen LogP contribution >= 0.6 is 0 Å². The van der Waals surface area contributed by atoms with Gasteiger partial charge in [0, 0.05) is 24.9 Å². The van der Waals surface area contributed by atoms with Crippen LogP contribution in [-0.2, 0) is 16.0 Å². The molecule has 0 spiro atoms. The molecule has 6 nitrogen and oxygen atoms in total. The number of carbonyl (C=O) groups is 2. The second-order valence-electron chi connectivity index (χ2n) is 6.52. The molecule has 2 heterocycles. The predicted octanol–water partition coefficient (Wildman–Crippen LogP) is 1.53. The van der Waals surface area contributed by atoms with Crippen LogP contribution in [0.15, 0.2) is 42.6 Å². The van der Waals surface area contributed by atoms with Crippen LogP contribution in [0.4, 0.5) is 4.39 Å². The monoisotopic (exact) mass is 357 g/mol. The van der Waals surface area contributed by atoms with Gasteiger partial charge in [-0.15, -0.1) is 0 Å². The van der Waals surface area contributed by atoms with Crippen LogP contribution in [0.25, 0.3) is 0 Å². The molecule has 26 heavy (non-hydrogen) atoms. The molecule has 2 N–H and O–H groups in total. The maximum Gasteiger partial charge on any atom is 0.255 e. The average Bonchev–Trinajstić information content (AvgIpc) is 2.62. The van der Waals surface area contributed by atoms with E-state index in [1.807, 2.05) is 6.07 Å². The van der Waals surface area contributed by atoms with Crippen molar-refractivity contribution in [3.63, 3.8) is 0 Å². The van der Waals surface area contributed by atoms with Crippen LogP contribution < -0.4 is 5.73 Å². The van der Waals surface area contributed by atoms with E-state index in [1.54, 1.807) is 25.1 Å². The van der Waals surface area contributed by atoms with Crippen molar-refractivity contribution in [2.24, 2.45) is 5.73 Å². The quantitative estimate of drug-likeness (QED) is 0.899. The summed E-state index contributed by atoms with van der Waals surface area (Å²) < 4.78 is 18.7. The Balaban J connectivity index is 1.70. The summed E-state index contributed by atoms with van der Waals surface area (Å²) in [7, 11) is 0. The molecule has 1 aliphatic heterocycles. The zero-order valence-corrected chi connectivity index (χ0v) is 14.4. The summed E-state index contributed by atoms with van der Waals surface area (Å²) in [6.45, 7) is 2.31. The molecule has 1 aromatic carbocycles. The highest BCUT2D eigenvalue weighted by Crippen LogP contribution is 2.19. The van der Waals surface area contributed by atoms with Crippen LogP contribution in [0.5, 0.6) is 0 Å². The number of halogens is 1. The van der Waals surface area contributed by atoms with E-state index < -0.39 is 11.5 Å². The van der Waals surface area contributed by atoms with Gasteiger partial charge in [-0.2, -0.15) is 0 Å². The zero-order chi connectivity index (χ0) is 18.7. The fourth-order valence-electron chi connectivity index (χ4n) is 2.89. The van der Waals surface area contributed by atoms with Crippen LogP contribution in [0.1, 0.15) is 28.5 Å². The van der Waals surface area contributed by atoms with Gasteiger partial charge in [0.2, 0.25) is 0 Å². The molecular weight excluding hydrogens is 337 g/mol. The summed E-state index contributed by atoms with van der Waals surface area (Å²) in [5, 5.41) is 0. The number of aromatic nitrogens is 1. The fraction of sp³-hybridized carbons (Fsp3) is 0.316. The van der Waals surface area contributed by atoms with Gasteiger partial charge in [0.05, 0.1) is 18.7 Å². The highest BCUT2D eigenvalue weighted by atomic mass is 19.1. The van der Waals surface area contributed by atoms with E-state index in [0.29, 0.717) is 18.5 Å². The number of primary amides is 1. The van der Waals surface area contributed by atoms with Gasteiger partial charge in [-0.3, -0.25) is 14.6 Å². The van der Waals surface area contributed by atoms with Crippen molar-refractivity contribution >= 4 is 11.8 Å². The first-order valence-corrected chi connectivity index (χ1v) is 8.30. The molecule has 2 aromatic rings. The molecular formula is C19H20FN3O3. The third kappa shape index (κ3) is 3.88. The van der Waals surface area contributed by atoms with E-state index in [9.17, 15) is 14.0 Å². The van der Waals surface area contributed by atoms with E-state index in [-0.39, 0.29) is 24.9 Å². The van der Waals surface area contributed by atoms with Crippen LogP contribution in [0.3, 0.4) is 0 Å². The van der Waals surface area contributed by atoms with Gasteiger partial charge >= 0.3 is 0 Å². The van der Waals surface area contributed by atoms with E-state index in [2.05, 4.69) is 4.98 Å². The van der Waals surface area contributed by atoms with Crippen LogP contribution in [-0.4, -0.2) is 47.0 Å². The Kier molecular flexibility index (Phi) is 4.99. The molecule has 0 aliphatic carbocycles. The summed E-state index contributed by atoms with van der Waals surface area (Å²) in [5.74, 6) is -1.12. The van der Waals surface area contributed by atoms with Crippen molar-refractivity contribution in [3.05, 3.63) is 65.2 Å². The summed E-state index contributed by atoms with van der Waals surface area (Å²) >= 11 is 0. The standard InChI is InChI=1S/C19H20FN3O3/c1-19(18(21)25)12-23(7-8-26-19)17(24)14-5-6-16(22-11-14)10-13-3-2-4-15(20)9-13/h2-6,9,11H,7-8,10,12H2,1H3,(H2,21,25). The fourth-order valence-corrected chi connectivity index (χ4v) is 2.89. The summed E-state index contributed by atoms with van der Waals surface area (Å²) in [6, 6.07) is 9.74. The molecule has 0 saturated carbocycles. The van der Waals surface area contributed by atoms with E-state index in [0.717, 1.165) is 11.3 Å². The van der Waals surface area contributed by atoms with Crippen molar-refractivity contribution < 1.29 is 18.7 Å². The molecule has 1 saturated heterocycles. The predicted molar refractivity (Wildman–Crippen MR) is 92.9 cm³/mol. The zero-order valence-electron chi connectivity index (χ0n) is 14.4. The lowest BCUT2D eigenvalue weighted by Crippen LogP contribution is -2.58. The van der Waals surface area contributed by atoms with Crippen molar-refractivity contribution in [1.29, 1.82) is 0 Å². The third-order valence-electron chi connectivity index (χ3n) is 4.43. The van der Waals surface area contributed by atoms with Crippen molar-refractivity contribution in [1.82, 2.24) is 9.88 Å². The largest absolute Gasteiger partial charge is 0.367 e. The summed E-state index contributed by atoms with van der Waals surface area (Å²) in [6.07, 6.45) is 1.97. The normalized spacial score (nSPS) is 20.0. The summed E-state index contributed by atoms with van der Waals surface area (Å²) in [5.41, 5.74) is 6.14. The topological polar surface area (TPSA) is 85.5 Å². The Hall–Kier alpha value is -2.80. The number of benzene rings is 1. The first-order valence-electron chi connectivity index (χ1n) is 8.30. The average molecular weight is 357 g/mol. The Morgan fingerprint density at radius 1 is 1.35 bits per heavy atom. The number of pyridine rings is 1. The van der Waals surface area contributed by atoms with Gasteiger partial charge < -0.3 is 15.4 Å². The number of rotatable bonds is 4. The van der Waals surface area contributed by atoms with Gasteiger partial charge in [0.15, 0.2) is 5.60 Å². The Labute approximate surface area is 150 Å². The number of nitrogens with two attached hydrogens (primary N) is 1. The molecule has 1 atom stereocenters. The first kappa shape index (κ1) is 18.0. The number of hydrogen-bond acceptors (Lipinski definition) is 4. The second kappa shape index (κ2) is 7.21. The van der Waals surface area contributed by atoms with E-state index in [4.69, 9.17) is 10.5 Å². The minimum atomic E-state index is -1.18. The maximum atomic E-state index is 13.3. The summed E-state index contributed by atoms with van der Waals surface area (Å²) in [4.78, 5) is 30.0. The molecule has 7 heteroatoms. The van der Waals surface area contributed by atoms with Gasteiger partial charge in [-0.1, -0.05) is 12.1 Å². The molecule has 2 amide bonds. The van der Waals surface area contributed by atoms with Crippen molar-refractivity contribution in [2.75, 3.05) is 19.7 Å². The maximum absolute atomic E-state index is 13.3. The number of morpholine rings is 1. The third-order valence-corrected chi connectivity index (χ3v) is 4.43. The van der Waals surface area contributed by atoms with Crippen molar-refractivity contribution in [3.8, 4) is 0 Å². The highest BCUT2D eigenvalue weighted by molar-refractivity contribution is 5.95. The number of nitrogens with zero attached hydrogens (tertiary/aromatic N) is 2. The van der Waals surface area contributed by atoms with Crippen LogP contribution in [0, 0.1) is 5.82 Å². The van der Waals surface area contributed by atoms with Gasteiger partial charge in [-0.05, 0) is 36.8 Å². The van der Waals surface area contributed by atoms with E-state index in [1.165, 1.54) is 23.2 Å². The van der Waals surface area contributed by atoms with Crippen molar-refractivity contribution in [2.45, 2.75) is 18.9 Å². The number of amides is 2. The lowest BCUT2D eigenvalue weighted by molar-refractivity contribution is -0.150. The lowest BCUT2D eigenvalue weighted by Gasteiger charge is -2.38. The minimum absolute atomic E-state index is 0.103.